The molecule has 0 aromatic heterocycles. The summed E-state index contributed by atoms with van der Waals surface area (Å²) in [4.78, 5) is 21.7. The van der Waals surface area contributed by atoms with Crippen molar-refractivity contribution in [3.05, 3.63) is 27.7 Å². The van der Waals surface area contributed by atoms with Crippen LogP contribution < -0.4 is 5.32 Å². The minimum atomic E-state index is -1.01. The van der Waals surface area contributed by atoms with Crippen LogP contribution in [0.5, 0.6) is 0 Å². The molecule has 80 valence electrons. The van der Waals surface area contributed by atoms with Crippen molar-refractivity contribution in [1.29, 1.82) is 0 Å². The van der Waals surface area contributed by atoms with Gasteiger partial charge in [0, 0.05) is 17.1 Å². The Bertz CT molecular complexity index is 429. The fraction of sp³-hybridized carbons (Fsp3) is 0.200. The molecule has 2 N–H and O–H groups in total. The van der Waals surface area contributed by atoms with E-state index in [0.29, 0.717) is 15.7 Å². The average Bonchev–Trinajstić information content (AvgIpc) is 2.09. The largest absolute Gasteiger partial charge is 0.478 e. The van der Waals surface area contributed by atoms with Gasteiger partial charge < -0.3 is 10.4 Å². The van der Waals surface area contributed by atoms with Gasteiger partial charge in [-0.2, -0.15) is 0 Å². The molecule has 5 heteroatoms. The zero-order valence-electron chi connectivity index (χ0n) is 8.30. The maximum Gasteiger partial charge on any atom is 0.336 e. The summed E-state index contributed by atoms with van der Waals surface area (Å²) < 4.78 is 0.658. The highest BCUT2D eigenvalue weighted by molar-refractivity contribution is 9.10. The number of hydrogen-bond donors (Lipinski definition) is 2. The molecule has 0 aliphatic carbocycles. The second-order valence-electron chi connectivity index (χ2n) is 3.12. The fourth-order valence-corrected chi connectivity index (χ4v) is 1.64. The molecule has 0 heterocycles. The van der Waals surface area contributed by atoms with Gasteiger partial charge in [0.1, 0.15) is 0 Å². The molecule has 0 aliphatic rings. The van der Waals surface area contributed by atoms with Crippen molar-refractivity contribution in [2.24, 2.45) is 0 Å². The van der Waals surface area contributed by atoms with E-state index in [1.165, 1.54) is 13.0 Å². The van der Waals surface area contributed by atoms with Gasteiger partial charge in [-0.15, -0.1) is 0 Å². The topological polar surface area (TPSA) is 66.4 Å². The van der Waals surface area contributed by atoms with Crippen LogP contribution in [0.25, 0.3) is 0 Å². The zero-order chi connectivity index (χ0) is 11.6. The molecule has 15 heavy (non-hydrogen) atoms. The van der Waals surface area contributed by atoms with Crippen LogP contribution in [0.3, 0.4) is 0 Å². The first-order valence-electron chi connectivity index (χ1n) is 4.23. The number of rotatable bonds is 2. The van der Waals surface area contributed by atoms with E-state index in [2.05, 4.69) is 21.2 Å². The SMILES string of the molecule is CC(=O)Nc1cc(Br)c(C)c(C(=O)O)c1. The Morgan fingerprint density at radius 2 is 2.00 bits per heavy atom. The predicted molar refractivity (Wildman–Crippen MR) is 60.1 cm³/mol. The van der Waals surface area contributed by atoms with Gasteiger partial charge in [0.2, 0.25) is 5.91 Å². The number of aromatic carboxylic acids is 1. The Morgan fingerprint density at radius 1 is 1.40 bits per heavy atom. The van der Waals surface area contributed by atoms with Crippen molar-refractivity contribution in [2.75, 3.05) is 5.32 Å². The minimum Gasteiger partial charge on any atom is -0.478 e. The highest BCUT2D eigenvalue weighted by atomic mass is 79.9. The molecule has 0 spiro atoms. The molecule has 1 aromatic carbocycles. The molecule has 1 amide bonds. The van der Waals surface area contributed by atoms with E-state index in [-0.39, 0.29) is 11.5 Å². The minimum absolute atomic E-state index is 0.174. The predicted octanol–water partition coefficient (Wildman–Crippen LogP) is 2.41. The summed E-state index contributed by atoms with van der Waals surface area (Å²) in [6.45, 7) is 3.07. The van der Waals surface area contributed by atoms with Crippen LogP contribution in [-0.2, 0) is 4.79 Å². The Balaban J connectivity index is 3.23. The van der Waals surface area contributed by atoms with Crippen LogP contribution in [0.4, 0.5) is 5.69 Å². The molecule has 0 saturated carbocycles. The molecule has 0 aliphatic heterocycles. The first-order valence-corrected chi connectivity index (χ1v) is 5.02. The average molecular weight is 272 g/mol. The lowest BCUT2D eigenvalue weighted by Crippen LogP contribution is -2.08. The molecule has 0 radical (unpaired) electrons. The maximum absolute atomic E-state index is 10.9. The highest BCUT2D eigenvalue weighted by Gasteiger charge is 2.11. The summed E-state index contributed by atoms with van der Waals surface area (Å²) >= 11 is 3.24. The monoisotopic (exact) mass is 271 g/mol. The number of carbonyl (C=O) groups excluding carboxylic acids is 1. The van der Waals surface area contributed by atoms with Crippen molar-refractivity contribution >= 4 is 33.5 Å². The molecule has 0 saturated heterocycles. The molecule has 0 bridgehead atoms. The number of hydrogen-bond acceptors (Lipinski definition) is 2. The number of halogens is 1. The standard InChI is InChI=1S/C10H10BrNO3/c1-5-8(10(14)15)3-7(4-9(5)11)12-6(2)13/h3-4H,1-2H3,(H,12,13)(H,14,15). The molecule has 0 atom stereocenters. The van der Waals surface area contributed by atoms with Crippen molar-refractivity contribution in [3.63, 3.8) is 0 Å². The lowest BCUT2D eigenvalue weighted by Gasteiger charge is -2.08. The van der Waals surface area contributed by atoms with Crippen LogP contribution in [-0.4, -0.2) is 17.0 Å². The second-order valence-corrected chi connectivity index (χ2v) is 3.97. The first kappa shape index (κ1) is 11.7. The number of nitrogens with one attached hydrogen (secondary N) is 1. The fourth-order valence-electron chi connectivity index (χ4n) is 1.18. The Labute approximate surface area is 95.4 Å². The number of carbonyl (C=O) groups is 2. The van der Waals surface area contributed by atoms with Crippen molar-refractivity contribution < 1.29 is 14.7 Å². The summed E-state index contributed by atoms with van der Waals surface area (Å²) in [6, 6.07) is 3.10. The summed E-state index contributed by atoms with van der Waals surface area (Å²) in [5.74, 6) is -1.25. The first-order chi connectivity index (χ1) is 6.91. The van der Waals surface area contributed by atoms with Gasteiger partial charge in [0.05, 0.1) is 5.56 Å². The normalized spacial score (nSPS) is 9.80. The smallest absolute Gasteiger partial charge is 0.336 e. The highest BCUT2D eigenvalue weighted by Crippen LogP contribution is 2.25. The van der Waals surface area contributed by atoms with E-state index >= 15 is 0 Å². The molecule has 4 nitrogen and oxygen atoms in total. The summed E-state index contributed by atoms with van der Waals surface area (Å²) in [5.41, 5.74) is 1.28. The summed E-state index contributed by atoms with van der Waals surface area (Å²) in [5, 5.41) is 11.5. The molecule has 0 fully saturated rings. The zero-order valence-corrected chi connectivity index (χ0v) is 9.88. The van der Waals surface area contributed by atoms with Crippen molar-refractivity contribution in [3.8, 4) is 0 Å². The Hall–Kier alpha value is -1.36. The van der Waals surface area contributed by atoms with Gasteiger partial charge in [0.15, 0.2) is 0 Å². The van der Waals surface area contributed by atoms with E-state index in [1.54, 1.807) is 13.0 Å². The Morgan fingerprint density at radius 3 is 2.47 bits per heavy atom. The van der Waals surface area contributed by atoms with Crippen LogP contribution in [0.1, 0.15) is 22.8 Å². The van der Waals surface area contributed by atoms with Gasteiger partial charge in [-0.25, -0.2) is 4.79 Å². The lowest BCUT2D eigenvalue weighted by atomic mass is 10.1. The number of amides is 1. The van der Waals surface area contributed by atoms with Gasteiger partial charge in [-0.1, -0.05) is 15.9 Å². The van der Waals surface area contributed by atoms with E-state index in [1.807, 2.05) is 0 Å². The van der Waals surface area contributed by atoms with E-state index in [9.17, 15) is 9.59 Å². The van der Waals surface area contributed by atoms with Crippen LogP contribution in [0.15, 0.2) is 16.6 Å². The van der Waals surface area contributed by atoms with Gasteiger partial charge in [0.25, 0.3) is 0 Å². The van der Waals surface area contributed by atoms with Gasteiger partial charge >= 0.3 is 5.97 Å². The van der Waals surface area contributed by atoms with E-state index in [0.717, 1.165) is 0 Å². The van der Waals surface area contributed by atoms with Crippen LogP contribution >= 0.6 is 15.9 Å². The molecular formula is C10H10BrNO3. The summed E-state index contributed by atoms with van der Waals surface area (Å²) in [7, 11) is 0. The number of benzene rings is 1. The van der Waals surface area contributed by atoms with Gasteiger partial charge in [-0.3, -0.25) is 4.79 Å². The Kier molecular flexibility index (Phi) is 3.47. The maximum atomic E-state index is 10.9. The van der Waals surface area contributed by atoms with Crippen molar-refractivity contribution in [1.82, 2.24) is 0 Å². The molecule has 1 aromatic rings. The third-order valence-electron chi connectivity index (χ3n) is 1.90. The van der Waals surface area contributed by atoms with E-state index < -0.39 is 5.97 Å². The number of carboxylic acids is 1. The van der Waals surface area contributed by atoms with Crippen LogP contribution in [0.2, 0.25) is 0 Å². The molecule has 1 rings (SSSR count). The van der Waals surface area contributed by atoms with Crippen molar-refractivity contribution in [2.45, 2.75) is 13.8 Å². The number of anilines is 1. The molecular weight excluding hydrogens is 262 g/mol. The molecule has 0 unspecified atom stereocenters. The quantitative estimate of drug-likeness (QED) is 0.868. The second kappa shape index (κ2) is 4.44. The van der Waals surface area contributed by atoms with Gasteiger partial charge in [-0.05, 0) is 24.6 Å². The summed E-state index contributed by atoms with van der Waals surface area (Å²) in [6.07, 6.45) is 0. The lowest BCUT2D eigenvalue weighted by molar-refractivity contribution is -0.114. The third kappa shape index (κ3) is 2.79. The number of carboxylic acid groups (broad SMARTS) is 1. The van der Waals surface area contributed by atoms with E-state index in [4.69, 9.17) is 5.11 Å². The van der Waals surface area contributed by atoms with Crippen LogP contribution in [0, 0.1) is 6.92 Å². The third-order valence-corrected chi connectivity index (χ3v) is 2.72.